The molecule has 1 heterocycles. The molecule has 1 aliphatic heterocycles. The third kappa shape index (κ3) is 3.44. The first kappa shape index (κ1) is 15.9. The average Bonchev–Trinajstić information content (AvgIpc) is 2.47. The molecule has 3 N–H and O–H groups in total. The number of hydrogen-bond acceptors (Lipinski definition) is 4. The number of nitrogens with one attached hydrogen (secondary N) is 1. The van der Waals surface area contributed by atoms with Gasteiger partial charge in [0.1, 0.15) is 0 Å². The lowest BCUT2D eigenvalue weighted by Crippen LogP contribution is -2.54. The van der Waals surface area contributed by atoms with Crippen LogP contribution in [0.5, 0.6) is 0 Å². The third-order valence-corrected chi connectivity index (χ3v) is 3.95. The molecule has 3 unspecified atom stereocenters. The molecule has 0 aliphatic carbocycles. The highest BCUT2D eigenvalue weighted by Gasteiger charge is 2.50. The molecular formula is C14H30N2O2. The van der Waals surface area contributed by atoms with Crippen LogP contribution in [0.4, 0.5) is 0 Å². The van der Waals surface area contributed by atoms with E-state index in [2.05, 4.69) is 40.0 Å². The second-order valence-corrected chi connectivity index (χ2v) is 6.37. The number of rotatable bonds is 6. The average molecular weight is 258 g/mol. The number of hydrogen-bond donors (Lipinski definition) is 2. The monoisotopic (exact) mass is 258 g/mol. The number of ether oxygens (including phenoxy) is 2. The minimum Gasteiger partial charge on any atom is -0.377 e. The highest BCUT2D eigenvalue weighted by Crippen LogP contribution is 2.44. The van der Waals surface area contributed by atoms with E-state index in [-0.39, 0.29) is 23.3 Å². The van der Waals surface area contributed by atoms with Gasteiger partial charge in [0.2, 0.25) is 0 Å². The molecule has 0 aromatic rings. The molecule has 3 atom stereocenters. The predicted octanol–water partition coefficient (Wildman–Crippen LogP) is 2.23. The lowest BCUT2D eigenvalue weighted by atomic mass is 9.79. The molecule has 0 amide bonds. The maximum Gasteiger partial charge on any atom is 0.0742 e. The van der Waals surface area contributed by atoms with Crippen LogP contribution < -0.4 is 11.3 Å². The molecule has 1 fully saturated rings. The van der Waals surface area contributed by atoms with Gasteiger partial charge >= 0.3 is 0 Å². The Morgan fingerprint density at radius 3 is 2.28 bits per heavy atom. The summed E-state index contributed by atoms with van der Waals surface area (Å²) in [6.45, 7) is 13.5. The Bertz CT molecular complexity index is 267. The molecule has 0 bridgehead atoms. The maximum atomic E-state index is 6.15. The number of nitrogens with two attached hydrogens (primary N) is 1. The molecule has 1 rings (SSSR count). The van der Waals surface area contributed by atoms with E-state index in [9.17, 15) is 0 Å². The van der Waals surface area contributed by atoms with E-state index in [4.69, 9.17) is 15.3 Å². The van der Waals surface area contributed by atoms with E-state index in [0.29, 0.717) is 12.5 Å². The first-order valence-corrected chi connectivity index (χ1v) is 7.05. The van der Waals surface area contributed by atoms with Gasteiger partial charge in [-0.25, -0.2) is 0 Å². The van der Waals surface area contributed by atoms with Crippen molar-refractivity contribution in [3.63, 3.8) is 0 Å². The van der Waals surface area contributed by atoms with E-state index in [1.54, 1.807) is 0 Å². The zero-order valence-electron chi connectivity index (χ0n) is 12.7. The smallest absolute Gasteiger partial charge is 0.0742 e. The Morgan fingerprint density at radius 1 is 1.33 bits per heavy atom. The predicted molar refractivity (Wildman–Crippen MR) is 74.2 cm³/mol. The third-order valence-electron chi connectivity index (χ3n) is 3.95. The molecule has 0 aromatic carbocycles. The van der Waals surface area contributed by atoms with Crippen LogP contribution in [0, 0.1) is 5.92 Å². The fourth-order valence-electron chi connectivity index (χ4n) is 3.34. The largest absolute Gasteiger partial charge is 0.377 e. The zero-order chi connectivity index (χ0) is 14.0. The molecule has 0 aromatic heterocycles. The van der Waals surface area contributed by atoms with Gasteiger partial charge in [0.15, 0.2) is 0 Å². The summed E-state index contributed by atoms with van der Waals surface area (Å²) in [7, 11) is 0. The minimum absolute atomic E-state index is 0.0895. The topological polar surface area (TPSA) is 56.5 Å². The summed E-state index contributed by atoms with van der Waals surface area (Å²) in [5, 5.41) is 0. The van der Waals surface area contributed by atoms with Crippen LogP contribution in [-0.4, -0.2) is 30.0 Å². The van der Waals surface area contributed by atoms with Crippen LogP contribution in [0.3, 0.4) is 0 Å². The van der Waals surface area contributed by atoms with Crippen molar-refractivity contribution in [1.29, 1.82) is 0 Å². The van der Waals surface area contributed by atoms with Crippen molar-refractivity contribution in [2.75, 3.05) is 6.61 Å². The van der Waals surface area contributed by atoms with Gasteiger partial charge < -0.3 is 9.47 Å². The molecule has 18 heavy (non-hydrogen) atoms. The standard InChI is InChI=1S/C14H30N2O2/c1-7-11(17-8-2)12(16-15)10-9-13(3,4)18-14(10,5)6/h10-12,16H,7-9,15H2,1-6H3. The second-order valence-electron chi connectivity index (χ2n) is 6.37. The van der Waals surface area contributed by atoms with Crippen LogP contribution in [0.25, 0.3) is 0 Å². The Hall–Kier alpha value is -0.160. The van der Waals surface area contributed by atoms with Gasteiger partial charge in [0, 0.05) is 12.5 Å². The Labute approximate surface area is 112 Å². The summed E-state index contributed by atoms with van der Waals surface area (Å²) < 4.78 is 12.0. The Kier molecular flexibility index (Phi) is 5.18. The summed E-state index contributed by atoms with van der Waals surface area (Å²) in [6, 6.07) is 0.131. The van der Waals surface area contributed by atoms with Gasteiger partial charge in [-0.05, 0) is 47.5 Å². The van der Waals surface area contributed by atoms with Crippen molar-refractivity contribution < 1.29 is 9.47 Å². The number of hydrazine groups is 1. The van der Waals surface area contributed by atoms with Crippen LogP contribution in [-0.2, 0) is 9.47 Å². The molecule has 4 nitrogen and oxygen atoms in total. The van der Waals surface area contributed by atoms with Crippen LogP contribution >= 0.6 is 0 Å². The van der Waals surface area contributed by atoms with Crippen molar-refractivity contribution in [2.45, 2.75) is 77.7 Å². The zero-order valence-corrected chi connectivity index (χ0v) is 12.7. The van der Waals surface area contributed by atoms with E-state index in [1.165, 1.54) is 0 Å². The summed E-state index contributed by atoms with van der Waals surface area (Å²) in [6.07, 6.45) is 2.09. The first-order valence-electron chi connectivity index (χ1n) is 7.05. The molecule has 4 heteroatoms. The van der Waals surface area contributed by atoms with Gasteiger partial charge in [-0.1, -0.05) is 6.92 Å². The second kappa shape index (κ2) is 5.87. The molecule has 0 spiro atoms. The van der Waals surface area contributed by atoms with Crippen molar-refractivity contribution in [2.24, 2.45) is 11.8 Å². The Balaban J connectivity index is 2.87. The Morgan fingerprint density at radius 2 is 1.94 bits per heavy atom. The van der Waals surface area contributed by atoms with E-state index in [0.717, 1.165) is 12.8 Å². The van der Waals surface area contributed by atoms with E-state index in [1.807, 2.05) is 6.92 Å². The quantitative estimate of drug-likeness (QED) is 0.566. The summed E-state index contributed by atoms with van der Waals surface area (Å²) >= 11 is 0. The van der Waals surface area contributed by atoms with Crippen molar-refractivity contribution in [3.8, 4) is 0 Å². The van der Waals surface area contributed by atoms with Crippen molar-refractivity contribution in [3.05, 3.63) is 0 Å². The highest BCUT2D eigenvalue weighted by atomic mass is 16.5. The normalized spacial score (nSPS) is 29.2. The highest BCUT2D eigenvalue weighted by molar-refractivity contribution is 5.01. The molecule has 108 valence electrons. The van der Waals surface area contributed by atoms with Gasteiger partial charge in [0.05, 0.1) is 23.3 Å². The fraction of sp³-hybridized carbons (Fsp3) is 1.00. The van der Waals surface area contributed by atoms with Crippen LogP contribution in [0.2, 0.25) is 0 Å². The van der Waals surface area contributed by atoms with E-state index >= 15 is 0 Å². The summed E-state index contributed by atoms with van der Waals surface area (Å²) in [4.78, 5) is 0. The van der Waals surface area contributed by atoms with Gasteiger partial charge in [-0.3, -0.25) is 11.3 Å². The minimum atomic E-state index is -0.176. The van der Waals surface area contributed by atoms with Crippen molar-refractivity contribution >= 4 is 0 Å². The van der Waals surface area contributed by atoms with Gasteiger partial charge in [-0.15, -0.1) is 0 Å². The van der Waals surface area contributed by atoms with Gasteiger partial charge in [-0.2, -0.15) is 0 Å². The SMILES string of the molecule is CCOC(CC)C(NN)C1CC(C)(C)OC1(C)C. The van der Waals surface area contributed by atoms with Gasteiger partial charge in [0.25, 0.3) is 0 Å². The molecule has 0 saturated carbocycles. The summed E-state index contributed by atoms with van der Waals surface area (Å²) in [5.74, 6) is 6.14. The molecule has 1 aliphatic rings. The van der Waals surface area contributed by atoms with Crippen molar-refractivity contribution in [1.82, 2.24) is 5.43 Å². The van der Waals surface area contributed by atoms with E-state index < -0.39 is 0 Å². The lowest BCUT2D eigenvalue weighted by molar-refractivity contribution is -0.0862. The molecule has 1 saturated heterocycles. The molecule has 0 radical (unpaired) electrons. The molecular weight excluding hydrogens is 228 g/mol. The summed E-state index contributed by atoms with van der Waals surface area (Å²) in [5.41, 5.74) is 2.70. The maximum absolute atomic E-state index is 6.15. The first-order chi connectivity index (χ1) is 8.27. The fourth-order valence-corrected chi connectivity index (χ4v) is 3.34. The van der Waals surface area contributed by atoms with Crippen LogP contribution in [0.15, 0.2) is 0 Å². The van der Waals surface area contributed by atoms with Crippen LogP contribution in [0.1, 0.15) is 54.4 Å². The lowest BCUT2D eigenvalue weighted by Gasteiger charge is -2.36.